The van der Waals surface area contributed by atoms with Crippen LogP contribution in [0.1, 0.15) is 40.1 Å². The molecule has 0 saturated heterocycles. The first-order chi connectivity index (χ1) is 19.4. The summed E-state index contributed by atoms with van der Waals surface area (Å²) >= 11 is -1.85. The van der Waals surface area contributed by atoms with Gasteiger partial charge in [0.2, 0.25) is 0 Å². The first-order valence-corrected chi connectivity index (χ1v) is 13.9. The predicted octanol–water partition coefficient (Wildman–Crippen LogP) is 6.58. The molecule has 0 spiro atoms. The monoisotopic (exact) mass is 550 g/mol. The molecule has 200 valence electrons. The van der Waals surface area contributed by atoms with Crippen LogP contribution in [-0.2, 0) is 11.4 Å². The summed E-state index contributed by atoms with van der Waals surface area (Å²) in [4.78, 5) is 18.7. The number of aromatic amines is 1. The fraction of sp³-hybridized carbons (Fsp3) is 0.129. The number of nitrogens with one attached hydrogen (secondary N) is 2. The van der Waals surface area contributed by atoms with Crippen LogP contribution >= 0.6 is 0 Å². The highest BCUT2D eigenvalue weighted by atomic mass is 32.2. The van der Waals surface area contributed by atoms with Gasteiger partial charge in [0.1, 0.15) is 34.5 Å². The number of furan rings is 1. The number of nitrogens with zero attached hydrogens (tertiary/aromatic N) is 2. The molecule has 0 aliphatic carbocycles. The lowest BCUT2D eigenvalue weighted by atomic mass is 10.0. The van der Waals surface area contributed by atoms with Crippen LogP contribution < -0.4 is 9.46 Å². The van der Waals surface area contributed by atoms with Gasteiger partial charge < -0.3 is 13.7 Å². The van der Waals surface area contributed by atoms with Crippen molar-refractivity contribution in [3.8, 4) is 17.2 Å². The van der Waals surface area contributed by atoms with Gasteiger partial charge in [-0.05, 0) is 50.1 Å². The van der Waals surface area contributed by atoms with Crippen molar-refractivity contribution in [3.63, 3.8) is 0 Å². The van der Waals surface area contributed by atoms with Gasteiger partial charge in [0, 0.05) is 17.0 Å². The van der Waals surface area contributed by atoms with Gasteiger partial charge >= 0.3 is 0 Å². The van der Waals surface area contributed by atoms with E-state index < -0.39 is 17.3 Å². The fourth-order valence-electron chi connectivity index (χ4n) is 4.78. The first-order valence-electron chi connectivity index (χ1n) is 12.8. The number of aromatic nitrogens is 3. The van der Waals surface area contributed by atoms with Crippen LogP contribution in [0.3, 0.4) is 0 Å². The topological polar surface area (TPSA) is 116 Å². The summed E-state index contributed by atoms with van der Waals surface area (Å²) in [5, 5.41) is 8.25. The number of aryl methyl sites for hydroxylation is 2. The second-order valence-electron chi connectivity index (χ2n) is 9.50. The van der Waals surface area contributed by atoms with Gasteiger partial charge in [0.05, 0.1) is 22.7 Å². The first kappa shape index (κ1) is 25.7. The molecule has 40 heavy (non-hydrogen) atoms. The SMILES string of the molecule is Cc1c(-c2cc(C(=O)N[S+]([O-])c3ccn[nH]3)c3c(OC(C)c4ccccc4)ccc(C)c3n2)oc2ccccc12. The Labute approximate surface area is 233 Å². The third-order valence-corrected chi connectivity index (χ3v) is 7.88. The summed E-state index contributed by atoms with van der Waals surface area (Å²) < 4.78 is 28.1. The quantitative estimate of drug-likeness (QED) is 0.217. The molecule has 0 aliphatic rings. The third-order valence-electron chi connectivity index (χ3n) is 6.88. The zero-order valence-electron chi connectivity index (χ0n) is 22.1. The van der Waals surface area contributed by atoms with Crippen molar-refractivity contribution >= 4 is 39.1 Å². The maximum absolute atomic E-state index is 13.8. The highest BCUT2D eigenvalue weighted by molar-refractivity contribution is 7.90. The van der Waals surface area contributed by atoms with Gasteiger partial charge in [-0.15, -0.1) is 0 Å². The molecule has 0 aliphatic heterocycles. The maximum Gasteiger partial charge on any atom is 0.293 e. The molecule has 1 amide bonds. The van der Waals surface area contributed by atoms with Crippen LogP contribution in [0.15, 0.2) is 94.5 Å². The van der Waals surface area contributed by atoms with Crippen LogP contribution in [0.5, 0.6) is 5.75 Å². The molecule has 3 heterocycles. The molecule has 2 unspecified atom stereocenters. The highest BCUT2D eigenvalue weighted by Gasteiger charge is 2.26. The van der Waals surface area contributed by atoms with Gasteiger partial charge in [-0.25, -0.2) is 10.1 Å². The average molecular weight is 551 g/mol. The minimum atomic E-state index is -1.85. The normalized spacial score (nSPS) is 12.9. The Morgan fingerprint density at radius 2 is 1.82 bits per heavy atom. The minimum absolute atomic E-state index is 0.270. The Balaban J connectivity index is 1.52. The second-order valence-corrected chi connectivity index (χ2v) is 10.7. The third kappa shape index (κ3) is 4.70. The van der Waals surface area contributed by atoms with Gasteiger partial charge in [-0.2, -0.15) is 9.82 Å². The van der Waals surface area contributed by atoms with E-state index in [0.717, 1.165) is 27.7 Å². The zero-order chi connectivity index (χ0) is 27.8. The molecule has 9 heteroatoms. The summed E-state index contributed by atoms with van der Waals surface area (Å²) in [5.41, 5.74) is 4.85. The number of hydrogen-bond donors (Lipinski definition) is 2. The summed E-state index contributed by atoms with van der Waals surface area (Å²) in [7, 11) is 0. The van der Waals surface area contributed by atoms with E-state index >= 15 is 0 Å². The summed E-state index contributed by atoms with van der Waals surface area (Å²) in [6.45, 7) is 5.85. The van der Waals surface area contributed by atoms with E-state index in [-0.39, 0.29) is 16.7 Å². The fourth-order valence-corrected chi connectivity index (χ4v) is 5.49. The number of hydrogen-bond acceptors (Lipinski definition) is 6. The summed E-state index contributed by atoms with van der Waals surface area (Å²) in [5.74, 6) is 0.517. The largest absolute Gasteiger partial charge is 0.587 e. The van der Waals surface area contributed by atoms with E-state index in [0.29, 0.717) is 28.1 Å². The number of carbonyl (C=O) groups is 1. The lowest BCUT2D eigenvalue weighted by Gasteiger charge is -2.19. The van der Waals surface area contributed by atoms with E-state index in [1.807, 2.05) is 87.5 Å². The smallest absolute Gasteiger partial charge is 0.293 e. The van der Waals surface area contributed by atoms with Crippen molar-refractivity contribution in [1.82, 2.24) is 19.9 Å². The van der Waals surface area contributed by atoms with Crippen molar-refractivity contribution in [3.05, 3.63) is 107 Å². The van der Waals surface area contributed by atoms with Crippen molar-refractivity contribution in [2.75, 3.05) is 0 Å². The Kier molecular flexibility index (Phi) is 6.75. The van der Waals surface area contributed by atoms with Gasteiger partial charge in [-0.3, -0.25) is 4.79 Å². The number of rotatable bonds is 7. The van der Waals surface area contributed by atoms with Crippen LogP contribution in [0, 0.1) is 13.8 Å². The number of H-pyrrole nitrogens is 1. The Morgan fingerprint density at radius 3 is 2.58 bits per heavy atom. The molecule has 6 aromatic rings. The standard InChI is InChI=1S/C31H26N4O4S/c1-18-13-14-26(38-20(3)21-9-5-4-6-10-21)28-23(31(36)35-40(37)27-15-16-32-34-27)17-24(33-29(18)28)30-19(2)22-11-7-8-12-25(22)39-30/h4-17,20H,1-3H3,(H,32,34)(H,35,36). The number of amides is 1. The minimum Gasteiger partial charge on any atom is -0.587 e. The molecule has 0 fully saturated rings. The highest BCUT2D eigenvalue weighted by Crippen LogP contribution is 2.38. The number of para-hydroxylation sites is 1. The lowest BCUT2D eigenvalue weighted by Crippen LogP contribution is -2.31. The molecular weight excluding hydrogens is 524 g/mol. The maximum atomic E-state index is 13.8. The van der Waals surface area contributed by atoms with Crippen LogP contribution in [0.2, 0.25) is 0 Å². The number of ether oxygens (including phenoxy) is 1. The van der Waals surface area contributed by atoms with Crippen molar-refractivity contribution in [2.45, 2.75) is 31.9 Å². The van der Waals surface area contributed by atoms with E-state index in [1.165, 1.54) is 6.20 Å². The summed E-state index contributed by atoms with van der Waals surface area (Å²) in [6.07, 6.45) is 1.18. The van der Waals surface area contributed by atoms with E-state index in [1.54, 1.807) is 12.1 Å². The second kappa shape index (κ2) is 10.5. The van der Waals surface area contributed by atoms with E-state index in [9.17, 15) is 9.35 Å². The van der Waals surface area contributed by atoms with Gasteiger partial charge in [0.15, 0.2) is 5.76 Å². The van der Waals surface area contributed by atoms with E-state index in [4.69, 9.17) is 14.1 Å². The van der Waals surface area contributed by atoms with Gasteiger partial charge in [0.25, 0.3) is 10.9 Å². The predicted molar refractivity (Wildman–Crippen MR) is 154 cm³/mol. The van der Waals surface area contributed by atoms with Gasteiger partial charge in [-0.1, -0.05) is 54.6 Å². The average Bonchev–Trinajstić information content (AvgIpc) is 3.63. The molecule has 3 aromatic heterocycles. The number of fused-ring (bicyclic) bond motifs is 2. The van der Waals surface area contributed by atoms with E-state index in [2.05, 4.69) is 14.9 Å². The van der Waals surface area contributed by atoms with Crippen LogP contribution in [0.25, 0.3) is 33.3 Å². The molecular formula is C31H26N4O4S. The number of carbonyl (C=O) groups excluding carboxylic acids is 1. The lowest BCUT2D eigenvalue weighted by molar-refractivity contribution is 0.0982. The van der Waals surface area contributed by atoms with Crippen LogP contribution in [-0.4, -0.2) is 25.6 Å². The molecule has 3 aromatic carbocycles. The van der Waals surface area contributed by atoms with Crippen molar-refractivity contribution in [2.24, 2.45) is 0 Å². The Bertz CT molecular complexity index is 1830. The molecule has 6 rings (SSSR count). The molecule has 8 nitrogen and oxygen atoms in total. The Morgan fingerprint density at radius 1 is 1.05 bits per heavy atom. The molecule has 0 bridgehead atoms. The molecule has 2 N–H and O–H groups in total. The number of pyridine rings is 1. The molecule has 0 saturated carbocycles. The summed E-state index contributed by atoms with van der Waals surface area (Å²) in [6, 6.07) is 24.6. The Hall–Kier alpha value is -4.60. The zero-order valence-corrected chi connectivity index (χ0v) is 22.9. The van der Waals surface area contributed by atoms with Crippen molar-refractivity contribution in [1.29, 1.82) is 0 Å². The van der Waals surface area contributed by atoms with Crippen LogP contribution in [0.4, 0.5) is 0 Å². The molecule has 2 atom stereocenters. The molecule has 0 radical (unpaired) electrons. The number of benzene rings is 3. The van der Waals surface area contributed by atoms with Crippen molar-refractivity contribution < 1.29 is 18.5 Å².